The van der Waals surface area contributed by atoms with Crippen LogP contribution in [0.1, 0.15) is 51.1 Å². The van der Waals surface area contributed by atoms with Gasteiger partial charge in [0.05, 0.1) is 46.6 Å². The molecular formula is C34H40F2N8O2S. The van der Waals surface area contributed by atoms with Crippen LogP contribution in [-0.2, 0) is 4.74 Å². The number of anilines is 1. The van der Waals surface area contributed by atoms with Crippen LogP contribution in [0.5, 0.6) is 6.01 Å². The number of rotatable bonds is 8. The van der Waals surface area contributed by atoms with E-state index in [0.717, 1.165) is 63.7 Å². The molecule has 47 heavy (non-hydrogen) atoms. The van der Waals surface area contributed by atoms with Gasteiger partial charge in [-0.3, -0.25) is 9.88 Å². The van der Waals surface area contributed by atoms with Crippen molar-refractivity contribution >= 4 is 34.1 Å². The summed E-state index contributed by atoms with van der Waals surface area (Å²) in [5, 5.41) is 13.4. The number of thioether (sulfide) groups is 1. The Morgan fingerprint density at radius 3 is 2.91 bits per heavy atom. The van der Waals surface area contributed by atoms with E-state index in [9.17, 15) is 9.65 Å². The molecule has 7 aliphatic rings. The number of morpholine rings is 1. The minimum atomic E-state index is -0.737. The second-order valence-electron chi connectivity index (χ2n) is 13.9. The number of ether oxygens (including phenoxy) is 2. The van der Waals surface area contributed by atoms with Crippen molar-refractivity contribution in [2.45, 2.75) is 68.9 Å². The smallest absolute Gasteiger partial charge is 0.319 e. The highest BCUT2D eigenvalue weighted by molar-refractivity contribution is 8.04. The molecule has 0 amide bonds. The Morgan fingerprint density at radius 2 is 2.11 bits per heavy atom. The number of nitrogens with zero attached hydrogens (tertiary/aromatic N) is 6. The zero-order valence-electron chi connectivity index (χ0n) is 26.6. The molecule has 2 aromatic rings. The Morgan fingerprint density at radius 1 is 1.23 bits per heavy atom. The van der Waals surface area contributed by atoms with E-state index in [-0.39, 0.29) is 39.3 Å². The molecule has 1 saturated carbocycles. The van der Waals surface area contributed by atoms with E-state index in [1.54, 1.807) is 6.20 Å². The van der Waals surface area contributed by atoms with E-state index in [2.05, 4.69) is 38.1 Å². The van der Waals surface area contributed by atoms with Crippen LogP contribution >= 0.6 is 11.8 Å². The molecule has 248 valence electrons. The number of halogens is 2. The molecule has 2 aliphatic carbocycles. The average Bonchev–Trinajstić information content (AvgIpc) is 3.85. The molecule has 4 saturated heterocycles. The lowest BCUT2D eigenvalue weighted by Gasteiger charge is -2.38. The van der Waals surface area contributed by atoms with Crippen LogP contribution in [0.15, 0.2) is 34.8 Å². The SMILES string of the molecule is CCC1CN(c2nc(OCC3(CN4CC5CCCC4CO5)CC3)nc3c(F)c(C4=CC=C(F)C5SC(N)=C(C#N)C45)ncc23)CCN1. The van der Waals surface area contributed by atoms with Crippen LogP contribution in [0.3, 0.4) is 0 Å². The molecule has 5 aliphatic heterocycles. The van der Waals surface area contributed by atoms with Crippen molar-refractivity contribution in [1.82, 2.24) is 25.2 Å². The standard InChI is InChI=1S/C34H40F2N8O2S/c1-2-19-14-43(11-10-39-19)32-24-13-40-28(22-6-7-25(35)30-26(22)23(12-37)31(38)47-30)27(36)29(24)41-33(42-32)46-18-34(8-9-34)17-44-15-21-5-3-4-20(44)16-45-21/h6-7,13,19-21,26,30,39H,2-5,8-11,14-18,38H2,1H3. The molecule has 3 N–H and O–H groups in total. The van der Waals surface area contributed by atoms with Gasteiger partial charge in [0.1, 0.15) is 22.9 Å². The van der Waals surface area contributed by atoms with Gasteiger partial charge >= 0.3 is 6.01 Å². The summed E-state index contributed by atoms with van der Waals surface area (Å²) in [5.41, 5.74) is 6.89. The van der Waals surface area contributed by atoms with E-state index in [1.807, 2.05) is 0 Å². The van der Waals surface area contributed by atoms with Gasteiger partial charge in [0.25, 0.3) is 0 Å². The molecule has 5 unspecified atom stereocenters. The summed E-state index contributed by atoms with van der Waals surface area (Å²) in [6.07, 6.45) is 11.3. The van der Waals surface area contributed by atoms with Crippen LogP contribution in [0.4, 0.5) is 14.6 Å². The summed E-state index contributed by atoms with van der Waals surface area (Å²) in [7, 11) is 0. The summed E-state index contributed by atoms with van der Waals surface area (Å²) in [5.74, 6) is -1.20. The number of nitrogens with two attached hydrogens (primary N) is 1. The van der Waals surface area contributed by atoms with Gasteiger partial charge in [-0.2, -0.15) is 15.2 Å². The molecule has 0 radical (unpaired) electrons. The van der Waals surface area contributed by atoms with E-state index in [1.165, 1.54) is 25.0 Å². The third-order valence-corrected chi connectivity index (χ3v) is 12.0. The van der Waals surface area contributed by atoms with Gasteiger partial charge in [-0.05, 0) is 50.2 Å². The van der Waals surface area contributed by atoms with Crippen molar-refractivity contribution in [3.63, 3.8) is 0 Å². The molecule has 2 aromatic heterocycles. The summed E-state index contributed by atoms with van der Waals surface area (Å²) in [4.78, 5) is 18.9. The Labute approximate surface area is 277 Å². The monoisotopic (exact) mass is 662 g/mol. The van der Waals surface area contributed by atoms with Crippen LogP contribution in [-0.4, -0.2) is 89.2 Å². The minimum absolute atomic E-state index is 0.0195. The minimum Gasteiger partial charge on any atom is -0.463 e. The Balaban J connectivity index is 1.14. The van der Waals surface area contributed by atoms with Crippen molar-refractivity contribution in [2.75, 3.05) is 50.8 Å². The molecule has 9 rings (SSSR count). The average molecular weight is 663 g/mol. The molecule has 2 bridgehead atoms. The third-order valence-electron chi connectivity index (χ3n) is 10.8. The van der Waals surface area contributed by atoms with E-state index >= 15 is 4.39 Å². The van der Waals surface area contributed by atoms with Gasteiger partial charge < -0.3 is 25.4 Å². The first-order valence-corrected chi connectivity index (χ1v) is 17.7. The van der Waals surface area contributed by atoms with E-state index < -0.39 is 22.8 Å². The van der Waals surface area contributed by atoms with Crippen molar-refractivity contribution in [3.8, 4) is 12.1 Å². The number of piperazine rings is 1. The number of pyridine rings is 1. The second-order valence-corrected chi connectivity index (χ2v) is 15.0. The summed E-state index contributed by atoms with van der Waals surface area (Å²) >= 11 is 1.09. The number of hydrogen-bond acceptors (Lipinski definition) is 11. The summed E-state index contributed by atoms with van der Waals surface area (Å²) in [6.45, 7) is 7.49. The van der Waals surface area contributed by atoms with E-state index in [4.69, 9.17) is 20.2 Å². The van der Waals surface area contributed by atoms with Crippen molar-refractivity contribution < 1.29 is 18.3 Å². The maximum absolute atomic E-state index is 16.8. The highest BCUT2D eigenvalue weighted by Gasteiger charge is 2.48. The zero-order valence-corrected chi connectivity index (χ0v) is 27.4. The van der Waals surface area contributed by atoms with Gasteiger partial charge in [-0.25, -0.2) is 8.78 Å². The molecule has 13 heteroatoms. The molecule has 0 aromatic carbocycles. The lowest BCUT2D eigenvalue weighted by atomic mass is 9.83. The normalized spacial score (nSPS) is 30.1. The Kier molecular flexibility index (Phi) is 8.10. The summed E-state index contributed by atoms with van der Waals surface area (Å²) in [6, 6.07) is 2.98. The number of fused-ring (bicyclic) bond motifs is 6. The van der Waals surface area contributed by atoms with Gasteiger partial charge in [0.15, 0.2) is 5.82 Å². The molecule has 0 spiro atoms. The fourth-order valence-corrected chi connectivity index (χ4v) is 9.03. The maximum atomic E-state index is 16.8. The molecule has 5 fully saturated rings. The van der Waals surface area contributed by atoms with Gasteiger partial charge in [-0.15, -0.1) is 0 Å². The lowest BCUT2D eigenvalue weighted by Crippen LogP contribution is -2.50. The number of allylic oxidation sites excluding steroid dienone is 4. The quantitative estimate of drug-likeness (QED) is 0.417. The number of aromatic nitrogens is 3. The van der Waals surface area contributed by atoms with Crippen molar-refractivity contribution in [1.29, 1.82) is 5.26 Å². The van der Waals surface area contributed by atoms with Crippen LogP contribution in [0.2, 0.25) is 0 Å². The van der Waals surface area contributed by atoms with Crippen LogP contribution in [0, 0.1) is 28.5 Å². The largest absolute Gasteiger partial charge is 0.463 e. The first kappa shape index (κ1) is 31.0. The molecular weight excluding hydrogens is 622 g/mol. The van der Waals surface area contributed by atoms with Gasteiger partial charge in [-0.1, -0.05) is 24.8 Å². The highest BCUT2D eigenvalue weighted by Crippen LogP contribution is 2.52. The Bertz CT molecular complexity index is 1720. The fraction of sp³-hybridized carbons (Fsp3) is 0.588. The van der Waals surface area contributed by atoms with Crippen LogP contribution < -0.4 is 20.7 Å². The third kappa shape index (κ3) is 5.67. The zero-order chi connectivity index (χ0) is 32.3. The lowest BCUT2D eigenvalue weighted by molar-refractivity contribution is -0.0584. The first-order chi connectivity index (χ1) is 22.9. The number of nitrogens with one attached hydrogen (secondary N) is 1. The maximum Gasteiger partial charge on any atom is 0.319 e. The number of nitriles is 1. The van der Waals surface area contributed by atoms with Gasteiger partial charge in [0, 0.05) is 62.3 Å². The van der Waals surface area contributed by atoms with Crippen LogP contribution in [0.25, 0.3) is 16.5 Å². The highest BCUT2D eigenvalue weighted by atomic mass is 32.2. The Hall–Kier alpha value is -3.31. The predicted molar refractivity (Wildman–Crippen MR) is 177 cm³/mol. The summed E-state index contributed by atoms with van der Waals surface area (Å²) < 4.78 is 44.1. The molecule has 5 atom stereocenters. The second kappa shape index (κ2) is 12.3. The topological polar surface area (TPSA) is 125 Å². The van der Waals surface area contributed by atoms with Crippen molar-refractivity contribution in [3.05, 3.63) is 46.3 Å². The van der Waals surface area contributed by atoms with Gasteiger partial charge in [0.2, 0.25) is 0 Å². The van der Waals surface area contributed by atoms with E-state index in [0.29, 0.717) is 48.6 Å². The predicted octanol–water partition coefficient (Wildman–Crippen LogP) is 4.44. The molecule has 10 nitrogen and oxygen atoms in total. The number of hydrogen-bond donors (Lipinski definition) is 2. The first-order valence-electron chi connectivity index (χ1n) is 16.8. The fourth-order valence-electron chi connectivity index (χ4n) is 7.85. The molecule has 7 heterocycles. The van der Waals surface area contributed by atoms with Crippen molar-refractivity contribution in [2.24, 2.45) is 17.1 Å².